The number of allylic oxidation sites excluding steroid dienone is 4. The van der Waals surface area contributed by atoms with Crippen molar-refractivity contribution in [3.63, 3.8) is 0 Å². The fourth-order valence-electron chi connectivity index (χ4n) is 0.773. The number of hydrogen-bond acceptors (Lipinski definition) is 1. The summed E-state index contributed by atoms with van der Waals surface area (Å²) in [6.07, 6.45) is 6.32. The Kier molecular flexibility index (Phi) is 5.09. The molecule has 0 aliphatic rings. The third-order valence-corrected chi connectivity index (χ3v) is 1.32. The predicted octanol–water partition coefficient (Wildman–Crippen LogP) is 2.65. The normalized spacial score (nSPS) is 10.8. The lowest BCUT2D eigenvalue weighted by molar-refractivity contribution is -0.115. The molecule has 0 unspecified atom stereocenters. The van der Waals surface area contributed by atoms with E-state index in [1.165, 1.54) is 0 Å². The molecule has 0 bridgehead atoms. The van der Waals surface area contributed by atoms with Crippen LogP contribution in [0.5, 0.6) is 0 Å². The summed E-state index contributed by atoms with van der Waals surface area (Å²) in [6, 6.07) is 0. The molecule has 0 aromatic heterocycles. The van der Waals surface area contributed by atoms with Gasteiger partial charge in [-0.1, -0.05) is 38.3 Å². The molecular formula is C10H14O. The molecule has 0 saturated heterocycles. The van der Waals surface area contributed by atoms with Gasteiger partial charge in [0.1, 0.15) is 0 Å². The summed E-state index contributed by atoms with van der Waals surface area (Å²) < 4.78 is 0. The van der Waals surface area contributed by atoms with Gasteiger partial charge in [-0.25, -0.2) is 0 Å². The first kappa shape index (κ1) is 9.89. The molecule has 0 heterocycles. The Hall–Kier alpha value is -1.11. The monoisotopic (exact) mass is 150 g/mol. The second-order valence-electron chi connectivity index (χ2n) is 2.24. The van der Waals surface area contributed by atoms with E-state index in [0.717, 1.165) is 6.42 Å². The Morgan fingerprint density at radius 1 is 1.45 bits per heavy atom. The molecule has 0 aromatic carbocycles. The van der Waals surface area contributed by atoms with Crippen molar-refractivity contribution < 1.29 is 4.79 Å². The lowest BCUT2D eigenvalue weighted by Gasteiger charge is -1.96. The molecule has 0 aliphatic heterocycles. The van der Waals surface area contributed by atoms with Gasteiger partial charge in [0.05, 0.1) is 0 Å². The van der Waals surface area contributed by atoms with E-state index in [-0.39, 0.29) is 5.78 Å². The molecule has 0 rings (SSSR count). The van der Waals surface area contributed by atoms with Crippen LogP contribution in [0.3, 0.4) is 0 Å². The third kappa shape index (κ3) is 3.56. The Labute approximate surface area is 68.1 Å². The zero-order valence-corrected chi connectivity index (χ0v) is 6.97. The number of carbonyl (C=O) groups excluding carboxylic acids is 1. The van der Waals surface area contributed by atoms with Gasteiger partial charge >= 0.3 is 0 Å². The van der Waals surface area contributed by atoms with Crippen molar-refractivity contribution in [3.05, 3.63) is 37.0 Å². The van der Waals surface area contributed by atoms with Gasteiger partial charge in [0.2, 0.25) is 0 Å². The fourth-order valence-corrected chi connectivity index (χ4v) is 0.773. The topological polar surface area (TPSA) is 17.1 Å². The molecule has 1 heteroatoms. The van der Waals surface area contributed by atoms with Gasteiger partial charge in [-0.15, -0.1) is 0 Å². The van der Waals surface area contributed by atoms with Crippen molar-refractivity contribution in [2.75, 3.05) is 0 Å². The maximum Gasteiger partial charge on any atom is 0.162 e. The number of carbonyl (C=O) groups is 1. The van der Waals surface area contributed by atoms with E-state index in [9.17, 15) is 4.79 Å². The SMILES string of the molecule is C=C/C=C(\C=C)C(=O)CCC. The summed E-state index contributed by atoms with van der Waals surface area (Å²) >= 11 is 0. The van der Waals surface area contributed by atoms with Crippen molar-refractivity contribution in [1.82, 2.24) is 0 Å². The predicted molar refractivity (Wildman–Crippen MR) is 48.4 cm³/mol. The van der Waals surface area contributed by atoms with E-state index < -0.39 is 0 Å². The molecule has 0 atom stereocenters. The van der Waals surface area contributed by atoms with E-state index >= 15 is 0 Å². The Bertz CT molecular complexity index is 187. The smallest absolute Gasteiger partial charge is 0.162 e. The van der Waals surface area contributed by atoms with Gasteiger partial charge in [-0.05, 0) is 6.42 Å². The number of hydrogen-bond donors (Lipinski definition) is 0. The molecule has 60 valence electrons. The minimum atomic E-state index is 0.141. The zero-order chi connectivity index (χ0) is 8.69. The van der Waals surface area contributed by atoms with Crippen LogP contribution < -0.4 is 0 Å². The second-order valence-corrected chi connectivity index (χ2v) is 2.24. The van der Waals surface area contributed by atoms with Crippen molar-refractivity contribution in [3.8, 4) is 0 Å². The van der Waals surface area contributed by atoms with E-state index in [4.69, 9.17) is 0 Å². The molecule has 0 amide bonds. The summed E-state index contributed by atoms with van der Waals surface area (Å²) in [4.78, 5) is 11.2. The standard InChI is InChI=1S/C10H14O/c1-4-7-9(6-3)10(11)8-5-2/h4,6-7H,1,3,5,8H2,2H3/b9-7+. The molecule has 0 N–H and O–H groups in total. The minimum absolute atomic E-state index is 0.141. The Morgan fingerprint density at radius 3 is 2.45 bits per heavy atom. The molecule has 0 aromatic rings. The molecule has 0 radical (unpaired) electrons. The van der Waals surface area contributed by atoms with E-state index in [1.807, 2.05) is 6.92 Å². The first-order valence-corrected chi connectivity index (χ1v) is 3.74. The molecule has 0 fully saturated rings. The second kappa shape index (κ2) is 5.66. The lowest BCUT2D eigenvalue weighted by Crippen LogP contribution is -1.98. The van der Waals surface area contributed by atoms with Gasteiger partial charge in [0, 0.05) is 12.0 Å². The highest BCUT2D eigenvalue weighted by molar-refractivity contribution is 5.98. The number of Topliss-reactive ketones (excluding diaryl/α,β-unsaturated/α-hetero) is 1. The van der Waals surface area contributed by atoms with Crippen LogP contribution in [0.2, 0.25) is 0 Å². The van der Waals surface area contributed by atoms with Crippen molar-refractivity contribution >= 4 is 5.78 Å². The first-order chi connectivity index (χ1) is 5.26. The molecule has 0 spiro atoms. The summed E-state index contributed by atoms with van der Waals surface area (Å²) in [7, 11) is 0. The number of ketones is 1. The highest BCUT2D eigenvalue weighted by Crippen LogP contribution is 2.03. The highest BCUT2D eigenvalue weighted by Gasteiger charge is 2.01. The van der Waals surface area contributed by atoms with Crippen LogP contribution in [0.1, 0.15) is 19.8 Å². The van der Waals surface area contributed by atoms with Crippen LogP contribution in [-0.2, 0) is 4.79 Å². The summed E-state index contributed by atoms with van der Waals surface area (Å²) in [6.45, 7) is 9.04. The van der Waals surface area contributed by atoms with Crippen LogP contribution >= 0.6 is 0 Å². The summed E-state index contributed by atoms with van der Waals surface area (Å²) in [5.41, 5.74) is 0.654. The summed E-state index contributed by atoms with van der Waals surface area (Å²) in [5, 5.41) is 0. The van der Waals surface area contributed by atoms with E-state index in [1.54, 1.807) is 18.2 Å². The van der Waals surface area contributed by atoms with Crippen LogP contribution in [0.4, 0.5) is 0 Å². The zero-order valence-electron chi connectivity index (χ0n) is 6.97. The van der Waals surface area contributed by atoms with Crippen molar-refractivity contribution in [2.24, 2.45) is 0 Å². The lowest BCUT2D eigenvalue weighted by atomic mass is 10.1. The largest absolute Gasteiger partial charge is 0.294 e. The Morgan fingerprint density at radius 2 is 2.09 bits per heavy atom. The molecule has 1 nitrogen and oxygen atoms in total. The summed E-state index contributed by atoms with van der Waals surface area (Å²) in [5.74, 6) is 0.141. The van der Waals surface area contributed by atoms with Gasteiger partial charge in [-0.3, -0.25) is 4.79 Å². The third-order valence-electron chi connectivity index (χ3n) is 1.32. The molecule has 0 aliphatic carbocycles. The number of rotatable bonds is 5. The van der Waals surface area contributed by atoms with Gasteiger partial charge in [-0.2, -0.15) is 0 Å². The van der Waals surface area contributed by atoms with Gasteiger partial charge < -0.3 is 0 Å². The molecule has 11 heavy (non-hydrogen) atoms. The molecule has 0 saturated carbocycles. The maximum atomic E-state index is 11.2. The van der Waals surface area contributed by atoms with Crippen LogP contribution in [-0.4, -0.2) is 5.78 Å². The average Bonchev–Trinajstić information content (AvgIpc) is 2.00. The molecular weight excluding hydrogens is 136 g/mol. The van der Waals surface area contributed by atoms with Crippen molar-refractivity contribution in [1.29, 1.82) is 0 Å². The first-order valence-electron chi connectivity index (χ1n) is 3.74. The van der Waals surface area contributed by atoms with Gasteiger partial charge in [0.25, 0.3) is 0 Å². The van der Waals surface area contributed by atoms with Crippen LogP contribution in [0, 0.1) is 0 Å². The Balaban J connectivity index is 4.25. The maximum absolute atomic E-state index is 11.2. The van der Waals surface area contributed by atoms with E-state index in [0.29, 0.717) is 12.0 Å². The van der Waals surface area contributed by atoms with Gasteiger partial charge in [0.15, 0.2) is 5.78 Å². The van der Waals surface area contributed by atoms with Crippen LogP contribution in [0.15, 0.2) is 37.0 Å². The average molecular weight is 150 g/mol. The quantitative estimate of drug-likeness (QED) is 0.435. The highest BCUT2D eigenvalue weighted by atomic mass is 16.1. The van der Waals surface area contributed by atoms with E-state index in [2.05, 4.69) is 13.2 Å². The minimum Gasteiger partial charge on any atom is -0.294 e. The fraction of sp³-hybridized carbons (Fsp3) is 0.300. The van der Waals surface area contributed by atoms with Crippen molar-refractivity contribution in [2.45, 2.75) is 19.8 Å². The van der Waals surface area contributed by atoms with Crippen LogP contribution in [0.25, 0.3) is 0 Å².